The molecule has 2 rings (SSSR count). The summed E-state index contributed by atoms with van der Waals surface area (Å²) in [5, 5.41) is 0.744. The molecule has 78 valence electrons. The Morgan fingerprint density at radius 1 is 1.40 bits per heavy atom. The number of carbonyl (C=O) groups is 1. The van der Waals surface area contributed by atoms with Gasteiger partial charge in [-0.15, -0.1) is 0 Å². The first kappa shape index (κ1) is 9.90. The van der Waals surface area contributed by atoms with E-state index in [2.05, 4.69) is 0 Å². The van der Waals surface area contributed by atoms with E-state index in [1.54, 1.807) is 19.1 Å². The average Bonchev–Trinajstić information content (AvgIpc) is 2.56. The molecule has 0 N–H and O–H groups in total. The van der Waals surface area contributed by atoms with Crippen molar-refractivity contribution in [3.63, 3.8) is 0 Å². The van der Waals surface area contributed by atoms with Crippen LogP contribution in [0.2, 0.25) is 0 Å². The molecule has 15 heavy (non-hydrogen) atoms. The van der Waals surface area contributed by atoms with Gasteiger partial charge >= 0.3 is 0 Å². The van der Waals surface area contributed by atoms with Gasteiger partial charge in [-0.05, 0) is 31.2 Å². The van der Waals surface area contributed by atoms with Crippen LogP contribution in [-0.2, 0) is 11.2 Å². The minimum Gasteiger partial charge on any atom is -0.461 e. The number of rotatable bonds is 3. The highest BCUT2D eigenvalue weighted by Crippen LogP contribution is 2.21. The number of hydrogen-bond acceptors (Lipinski definition) is 2. The normalized spacial score (nSPS) is 10.8. The maximum Gasteiger partial charge on any atom is 0.134 e. The number of fused-ring (bicyclic) bond motifs is 1. The summed E-state index contributed by atoms with van der Waals surface area (Å²) in [6, 6.07) is 6.17. The number of furan rings is 1. The highest BCUT2D eigenvalue weighted by molar-refractivity contribution is 5.78. The third kappa shape index (κ3) is 2.24. The van der Waals surface area contributed by atoms with Crippen molar-refractivity contribution in [1.82, 2.24) is 0 Å². The monoisotopic (exact) mass is 206 g/mol. The van der Waals surface area contributed by atoms with Crippen LogP contribution in [0.1, 0.15) is 19.1 Å². The van der Waals surface area contributed by atoms with Gasteiger partial charge in [0.05, 0.1) is 0 Å². The molecule has 0 bridgehead atoms. The summed E-state index contributed by atoms with van der Waals surface area (Å²) in [7, 11) is 0. The molecule has 0 aliphatic rings. The molecule has 2 aromatic rings. The molecule has 0 atom stereocenters. The second kappa shape index (κ2) is 3.85. The number of halogens is 1. The van der Waals surface area contributed by atoms with E-state index in [9.17, 15) is 9.18 Å². The molecule has 2 nitrogen and oxygen atoms in total. The Bertz CT molecular complexity index is 499. The second-order valence-corrected chi connectivity index (χ2v) is 3.60. The summed E-state index contributed by atoms with van der Waals surface area (Å²) in [6.45, 7) is 1.54. The maximum atomic E-state index is 12.9. The van der Waals surface area contributed by atoms with E-state index < -0.39 is 0 Å². The minimum absolute atomic E-state index is 0.127. The SMILES string of the molecule is CC(=O)CCc1cc2cc(F)ccc2o1. The van der Waals surface area contributed by atoms with Crippen LogP contribution >= 0.6 is 0 Å². The molecule has 0 aliphatic heterocycles. The Balaban J connectivity index is 2.27. The lowest BCUT2D eigenvalue weighted by atomic mass is 10.2. The van der Waals surface area contributed by atoms with Crippen molar-refractivity contribution < 1.29 is 13.6 Å². The van der Waals surface area contributed by atoms with Gasteiger partial charge in [0, 0.05) is 18.2 Å². The van der Waals surface area contributed by atoms with E-state index in [1.165, 1.54) is 12.1 Å². The number of hydrogen-bond donors (Lipinski definition) is 0. The van der Waals surface area contributed by atoms with Crippen molar-refractivity contribution >= 4 is 16.8 Å². The Labute approximate surface area is 86.7 Å². The summed E-state index contributed by atoms with van der Waals surface area (Å²) in [4.78, 5) is 10.8. The number of aryl methyl sites for hydroxylation is 1. The minimum atomic E-state index is -0.276. The summed E-state index contributed by atoms with van der Waals surface area (Å²) >= 11 is 0. The largest absolute Gasteiger partial charge is 0.461 e. The fraction of sp³-hybridized carbons (Fsp3) is 0.250. The van der Waals surface area contributed by atoms with Gasteiger partial charge in [-0.1, -0.05) is 0 Å². The highest BCUT2D eigenvalue weighted by atomic mass is 19.1. The van der Waals surface area contributed by atoms with E-state index in [0.29, 0.717) is 18.4 Å². The zero-order valence-corrected chi connectivity index (χ0v) is 8.42. The number of ketones is 1. The van der Waals surface area contributed by atoms with Gasteiger partial charge in [-0.25, -0.2) is 4.39 Å². The van der Waals surface area contributed by atoms with Crippen molar-refractivity contribution in [3.05, 3.63) is 35.8 Å². The molecule has 0 saturated carbocycles. The zero-order valence-electron chi connectivity index (χ0n) is 8.42. The lowest BCUT2D eigenvalue weighted by Gasteiger charge is -1.91. The van der Waals surface area contributed by atoms with Crippen molar-refractivity contribution in [3.8, 4) is 0 Å². The molecule has 1 aromatic heterocycles. The van der Waals surface area contributed by atoms with Crippen LogP contribution in [0.3, 0.4) is 0 Å². The predicted molar refractivity (Wildman–Crippen MR) is 55.2 cm³/mol. The lowest BCUT2D eigenvalue weighted by molar-refractivity contribution is -0.117. The first-order chi connectivity index (χ1) is 7.15. The summed E-state index contributed by atoms with van der Waals surface area (Å²) in [5.41, 5.74) is 0.662. The highest BCUT2D eigenvalue weighted by Gasteiger charge is 2.05. The standard InChI is InChI=1S/C12H11FO2/c1-8(14)2-4-11-7-9-6-10(13)3-5-12(9)15-11/h3,5-7H,2,4H2,1H3. The zero-order chi connectivity index (χ0) is 10.8. The third-order valence-corrected chi connectivity index (χ3v) is 2.25. The average molecular weight is 206 g/mol. The van der Waals surface area contributed by atoms with E-state index in [4.69, 9.17) is 4.42 Å². The van der Waals surface area contributed by atoms with Gasteiger partial charge in [-0.2, -0.15) is 0 Å². The smallest absolute Gasteiger partial charge is 0.134 e. The van der Waals surface area contributed by atoms with Crippen LogP contribution in [0.25, 0.3) is 11.0 Å². The molecule has 0 radical (unpaired) electrons. The molecule has 0 saturated heterocycles. The van der Waals surface area contributed by atoms with Gasteiger partial charge in [0.2, 0.25) is 0 Å². The molecular weight excluding hydrogens is 195 g/mol. The van der Waals surface area contributed by atoms with E-state index in [0.717, 1.165) is 11.1 Å². The van der Waals surface area contributed by atoms with Gasteiger partial charge in [0.1, 0.15) is 22.9 Å². The van der Waals surface area contributed by atoms with Crippen molar-refractivity contribution in [2.75, 3.05) is 0 Å². The quantitative estimate of drug-likeness (QED) is 0.772. The van der Waals surface area contributed by atoms with Crippen LogP contribution in [0.15, 0.2) is 28.7 Å². The van der Waals surface area contributed by atoms with E-state index in [1.807, 2.05) is 0 Å². The Morgan fingerprint density at radius 2 is 2.20 bits per heavy atom. The topological polar surface area (TPSA) is 30.2 Å². The molecule has 0 fully saturated rings. The second-order valence-electron chi connectivity index (χ2n) is 3.60. The van der Waals surface area contributed by atoms with E-state index in [-0.39, 0.29) is 11.6 Å². The maximum absolute atomic E-state index is 12.9. The third-order valence-electron chi connectivity index (χ3n) is 2.25. The van der Waals surface area contributed by atoms with Gasteiger partial charge in [-0.3, -0.25) is 0 Å². The summed E-state index contributed by atoms with van der Waals surface area (Å²) < 4.78 is 18.3. The van der Waals surface area contributed by atoms with Crippen LogP contribution in [-0.4, -0.2) is 5.78 Å². The summed E-state index contributed by atoms with van der Waals surface area (Å²) in [5.74, 6) is 0.578. The van der Waals surface area contributed by atoms with Gasteiger partial charge < -0.3 is 9.21 Å². The van der Waals surface area contributed by atoms with Crippen LogP contribution in [0.4, 0.5) is 4.39 Å². The molecule has 1 heterocycles. The van der Waals surface area contributed by atoms with Crippen molar-refractivity contribution in [2.24, 2.45) is 0 Å². The Hall–Kier alpha value is -1.64. The first-order valence-electron chi connectivity index (χ1n) is 4.82. The fourth-order valence-corrected chi connectivity index (χ4v) is 1.49. The van der Waals surface area contributed by atoms with Crippen molar-refractivity contribution in [2.45, 2.75) is 19.8 Å². The molecule has 0 spiro atoms. The van der Waals surface area contributed by atoms with Crippen molar-refractivity contribution in [1.29, 1.82) is 0 Å². The molecular formula is C12H11FO2. The van der Waals surface area contributed by atoms with Gasteiger partial charge in [0.25, 0.3) is 0 Å². The number of carbonyl (C=O) groups excluding carboxylic acids is 1. The molecule has 0 unspecified atom stereocenters. The fourth-order valence-electron chi connectivity index (χ4n) is 1.49. The first-order valence-corrected chi connectivity index (χ1v) is 4.82. The predicted octanol–water partition coefficient (Wildman–Crippen LogP) is 3.09. The molecule has 1 aromatic carbocycles. The Kier molecular flexibility index (Phi) is 2.54. The van der Waals surface area contributed by atoms with Crippen LogP contribution in [0, 0.1) is 5.82 Å². The van der Waals surface area contributed by atoms with Gasteiger partial charge in [0.15, 0.2) is 0 Å². The van der Waals surface area contributed by atoms with E-state index >= 15 is 0 Å². The molecule has 3 heteroatoms. The lowest BCUT2D eigenvalue weighted by Crippen LogP contribution is -1.91. The molecule has 0 amide bonds. The number of Topliss-reactive ketones (excluding diaryl/α,β-unsaturated/α-hetero) is 1. The van der Waals surface area contributed by atoms with Crippen LogP contribution in [0.5, 0.6) is 0 Å². The Morgan fingerprint density at radius 3 is 2.93 bits per heavy atom. The van der Waals surface area contributed by atoms with Crippen LogP contribution < -0.4 is 0 Å². The number of benzene rings is 1. The molecule has 0 aliphatic carbocycles. The summed E-state index contributed by atoms with van der Waals surface area (Å²) in [6.07, 6.45) is 1.04.